The molecule has 7 heteroatoms. The summed E-state index contributed by atoms with van der Waals surface area (Å²) >= 11 is 0. The molecule has 0 radical (unpaired) electrons. The maximum atomic E-state index is 13.1. The van der Waals surface area contributed by atoms with Crippen molar-refractivity contribution in [1.29, 1.82) is 0 Å². The lowest BCUT2D eigenvalue weighted by atomic mass is 10.1. The van der Waals surface area contributed by atoms with Gasteiger partial charge in [-0.15, -0.1) is 0 Å². The van der Waals surface area contributed by atoms with Crippen LogP contribution >= 0.6 is 0 Å². The molecule has 7 nitrogen and oxygen atoms in total. The standard InChI is InChI=1S/C25H22N2O5/c1-15-8-10-16(11-9-15)26-25(29)23-22(18-6-4-5-7-20(18)32-23)27-24(28)19-13-12-17(30-2)14-21(19)31-3/h4-14H,1-3H3,(H,26,29)(H,27,28). The number of fused-ring (bicyclic) bond motifs is 1. The Balaban J connectivity index is 1.70. The monoisotopic (exact) mass is 430 g/mol. The van der Waals surface area contributed by atoms with Gasteiger partial charge in [0.25, 0.3) is 11.8 Å². The van der Waals surface area contributed by atoms with Crippen molar-refractivity contribution in [1.82, 2.24) is 0 Å². The molecule has 3 aromatic carbocycles. The number of anilines is 2. The van der Waals surface area contributed by atoms with Gasteiger partial charge >= 0.3 is 0 Å². The first-order valence-electron chi connectivity index (χ1n) is 9.93. The summed E-state index contributed by atoms with van der Waals surface area (Å²) in [5, 5.41) is 6.25. The van der Waals surface area contributed by atoms with E-state index < -0.39 is 11.8 Å². The van der Waals surface area contributed by atoms with Crippen molar-refractivity contribution >= 4 is 34.2 Å². The van der Waals surface area contributed by atoms with Crippen LogP contribution in [-0.2, 0) is 0 Å². The molecule has 0 saturated heterocycles. The van der Waals surface area contributed by atoms with Crippen LogP contribution < -0.4 is 20.1 Å². The quantitative estimate of drug-likeness (QED) is 0.435. The van der Waals surface area contributed by atoms with Gasteiger partial charge in [0.2, 0.25) is 5.76 Å². The zero-order chi connectivity index (χ0) is 22.7. The van der Waals surface area contributed by atoms with Gasteiger partial charge in [0.1, 0.15) is 22.8 Å². The zero-order valence-electron chi connectivity index (χ0n) is 17.9. The van der Waals surface area contributed by atoms with Crippen LogP contribution in [0.4, 0.5) is 11.4 Å². The first-order chi connectivity index (χ1) is 15.5. The molecule has 4 aromatic rings. The van der Waals surface area contributed by atoms with Crippen molar-refractivity contribution < 1.29 is 23.5 Å². The molecule has 4 rings (SSSR count). The fourth-order valence-electron chi connectivity index (χ4n) is 3.32. The van der Waals surface area contributed by atoms with E-state index in [4.69, 9.17) is 13.9 Å². The Morgan fingerprint density at radius 2 is 1.59 bits per heavy atom. The molecule has 0 aliphatic rings. The molecule has 0 atom stereocenters. The van der Waals surface area contributed by atoms with E-state index in [2.05, 4.69) is 10.6 Å². The second-order valence-corrected chi connectivity index (χ2v) is 7.14. The van der Waals surface area contributed by atoms with Crippen molar-refractivity contribution in [3.8, 4) is 11.5 Å². The number of para-hydroxylation sites is 1. The minimum absolute atomic E-state index is 0.00704. The molecule has 0 spiro atoms. The lowest BCUT2D eigenvalue weighted by Crippen LogP contribution is -2.17. The number of aryl methyl sites for hydroxylation is 1. The summed E-state index contributed by atoms with van der Waals surface area (Å²) in [6.07, 6.45) is 0. The Kier molecular flexibility index (Phi) is 5.81. The highest BCUT2D eigenvalue weighted by Gasteiger charge is 2.24. The van der Waals surface area contributed by atoms with Crippen LogP contribution in [0.3, 0.4) is 0 Å². The number of rotatable bonds is 6. The van der Waals surface area contributed by atoms with Gasteiger partial charge in [-0.3, -0.25) is 9.59 Å². The molecule has 0 aliphatic carbocycles. The van der Waals surface area contributed by atoms with E-state index in [0.29, 0.717) is 33.7 Å². The zero-order valence-corrected chi connectivity index (χ0v) is 17.9. The van der Waals surface area contributed by atoms with Crippen LogP contribution in [0, 0.1) is 6.92 Å². The maximum absolute atomic E-state index is 13.1. The van der Waals surface area contributed by atoms with Crippen LogP contribution in [0.2, 0.25) is 0 Å². The minimum atomic E-state index is -0.470. The predicted octanol–water partition coefficient (Wildman–Crippen LogP) is 5.26. The molecule has 32 heavy (non-hydrogen) atoms. The van der Waals surface area contributed by atoms with Crippen LogP contribution in [0.25, 0.3) is 11.0 Å². The van der Waals surface area contributed by atoms with Gasteiger partial charge in [-0.25, -0.2) is 0 Å². The third-order valence-corrected chi connectivity index (χ3v) is 5.00. The summed E-state index contributed by atoms with van der Waals surface area (Å²) < 4.78 is 16.3. The second-order valence-electron chi connectivity index (χ2n) is 7.14. The van der Waals surface area contributed by atoms with Crippen molar-refractivity contribution in [2.75, 3.05) is 24.9 Å². The van der Waals surface area contributed by atoms with Crippen molar-refractivity contribution in [2.24, 2.45) is 0 Å². The largest absolute Gasteiger partial charge is 0.497 e. The Labute approximate surface area is 184 Å². The number of nitrogens with one attached hydrogen (secondary N) is 2. The first kappa shape index (κ1) is 21.0. The van der Waals surface area contributed by atoms with Gasteiger partial charge in [0, 0.05) is 17.1 Å². The summed E-state index contributed by atoms with van der Waals surface area (Å²) in [6.45, 7) is 1.96. The molecule has 1 aromatic heterocycles. The van der Waals surface area contributed by atoms with Crippen molar-refractivity contribution in [2.45, 2.75) is 6.92 Å². The number of benzene rings is 3. The number of furan rings is 1. The number of amides is 2. The molecule has 1 heterocycles. The van der Waals surface area contributed by atoms with Crippen LogP contribution in [0.1, 0.15) is 26.5 Å². The fourth-order valence-corrected chi connectivity index (χ4v) is 3.32. The molecule has 0 aliphatic heterocycles. The van der Waals surface area contributed by atoms with Crippen molar-refractivity contribution in [3.05, 3.63) is 83.6 Å². The number of hydrogen-bond donors (Lipinski definition) is 2. The maximum Gasteiger partial charge on any atom is 0.293 e. The van der Waals surface area contributed by atoms with E-state index in [0.717, 1.165) is 5.56 Å². The summed E-state index contributed by atoms with van der Waals surface area (Å²) in [5.74, 6) is 0.000674. The number of methoxy groups -OCH3 is 2. The Bertz CT molecular complexity index is 1290. The Hall–Kier alpha value is -4.26. The average molecular weight is 430 g/mol. The van der Waals surface area contributed by atoms with Gasteiger partial charge in [-0.1, -0.05) is 29.8 Å². The van der Waals surface area contributed by atoms with Crippen LogP contribution in [0.15, 0.2) is 71.1 Å². The van der Waals surface area contributed by atoms with Gasteiger partial charge in [0.15, 0.2) is 0 Å². The minimum Gasteiger partial charge on any atom is -0.497 e. The van der Waals surface area contributed by atoms with Gasteiger partial charge < -0.3 is 24.5 Å². The van der Waals surface area contributed by atoms with E-state index in [1.54, 1.807) is 48.5 Å². The molecule has 0 bridgehead atoms. The average Bonchev–Trinajstić information content (AvgIpc) is 3.18. The fraction of sp³-hybridized carbons (Fsp3) is 0.120. The highest BCUT2D eigenvalue weighted by atomic mass is 16.5. The van der Waals surface area contributed by atoms with E-state index in [-0.39, 0.29) is 11.4 Å². The highest BCUT2D eigenvalue weighted by Crippen LogP contribution is 2.33. The SMILES string of the molecule is COc1ccc(C(=O)Nc2c(C(=O)Nc3ccc(C)cc3)oc3ccccc23)c(OC)c1. The van der Waals surface area contributed by atoms with Crippen molar-refractivity contribution in [3.63, 3.8) is 0 Å². The Morgan fingerprint density at radius 1 is 0.844 bits per heavy atom. The third kappa shape index (κ3) is 4.13. The van der Waals surface area contributed by atoms with Gasteiger partial charge in [-0.05, 0) is 43.3 Å². The molecule has 2 amide bonds. The number of hydrogen-bond acceptors (Lipinski definition) is 5. The first-order valence-corrected chi connectivity index (χ1v) is 9.93. The summed E-state index contributed by atoms with van der Waals surface area (Å²) in [4.78, 5) is 26.1. The van der Waals surface area contributed by atoms with E-state index in [1.165, 1.54) is 14.2 Å². The van der Waals surface area contributed by atoms with Crippen LogP contribution in [-0.4, -0.2) is 26.0 Å². The topological polar surface area (TPSA) is 89.8 Å². The summed E-state index contributed by atoms with van der Waals surface area (Å²) in [7, 11) is 3.00. The summed E-state index contributed by atoms with van der Waals surface area (Å²) in [6, 6.07) is 19.4. The van der Waals surface area contributed by atoms with E-state index in [9.17, 15) is 9.59 Å². The predicted molar refractivity (Wildman–Crippen MR) is 123 cm³/mol. The normalized spacial score (nSPS) is 10.6. The van der Waals surface area contributed by atoms with Crippen LogP contribution in [0.5, 0.6) is 11.5 Å². The van der Waals surface area contributed by atoms with E-state index in [1.807, 2.05) is 25.1 Å². The molecular formula is C25H22N2O5. The lowest BCUT2D eigenvalue weighted by molar-refractivity contribution is 0.0999. The Morgan fingerprint density at radius 3 is 2.31 bits per heavy atom. The number of carbonyl (C=O) groups is 2. The number of ether oxygens (including phenoxy) is 2. The van der Waals surface area contributed by atoms with E-state index >= 15 is 0 Å². The molecule has 0 saturated carbocycles. The smallest absolute Gasteiger partial charge is 0.293 e. The molecular weight excluding hydrogens is 408 g/mol. The van der Waals surface area contributed by atoms with Gasteiger partial charge in [0.05, 0.1) is 19.8 Å². The molecule has 0 fully saturated rings. The summed E-state index contributed by atoms with van der Waals surface area (Å²) in [5.41, 5.74) is 2.76. The lowest BCUT2D eigenvalue weighted by Gasteiger charge is -2.11. The van der Waals surface area contributed by atoms with Gasteiger partial charge in [-0.2, -0.15) is 0 Å². The molecule has 2 N–H and O–H groups in total. The molecule has 0 unspecified atom stereocenters. The second kappa shape index (κ2) is 8.85. The third-order valence-electron chi connectivity index (χ3n) is 5.00. The highest BCUT2D eigenvalue weighted by molar-refractivity contribution is 6.17. The molecule has 162 valence electrons. The number of carbonyl (C=O) groups excluding carboxylic acids is 2.